The van der Waals surface area contributed by atoms with Gasteiger partial charge in [0.25, 0.3) is 0 Å². The third-order valence-corrected chi connectivity index (χ3v) is 2.50. The zero-order chi connectivity index (χ0) is 8.55. The van der Waals surface area contributed by atoms with E-state index in [1.165, 1.54) is 16.5 Å². The summed E-state index contributed by atoms with van der Waals surface area (Å²) < 4.78 is 2.12. The van der Waals surface area contributed by atoms with Crippen LogP contribution in [0.4, 0.5) is 0 Å². The number of hydrogen-bond acceptors (Lipinski definition) is 1. The van der Waals surface area contributed by atoms with Crippen molar-refractivity contribution in [1.29, 1.82) is 0 Å². The van der Waals surface area contributed by atoms with E-state index in [1.54, 1.807) is 0 Å². The fraction of sp³-hybridized carbons (Fsp3) is 0.200. The molecule has 2 heteroatoms. The average molecular weight is 177 g/mol. The van der Waals surface area contributed by atoms with E-state index in [9.17, 15) is 0 Å². The molecule has 0 saturated heterocycles. The quantitative estimate of drug-likeness (QED) is 0.639. The monoisotopic (exact) mass is 177 g/mol. The molecule has 0 radical (unpaired) electrons. The highest BCUT2D eigenvalue weighted by molar-refractivity contribution is 7.79. The predicted molar refractivity (Wildman–Crippen MR) is 55.6 cm³/mol. The minimum Gasteiger partial charge on any atom is -0.351 e. The lowest BCUT2D eigenvalue weighted by Crippen LogP contribution is -1.83. The van der Waals surface area contributed by atoms with Crippen LogP contribution >= 0.6 is 12.6 Å². The molecule has 0 atom stereocenters. The first-order chi connectivity index (χ1) is 5.81. The van der Waals surface area contributed by atoms with Gasteiger partial charge in [-0.25, -0.2) is 0 Å². The van der Waals surface area contributed by atoms with Crippen molar-refractivity contribution >= 4 is 23.5 Å². The van der Waals surface area contributed by atoms with E-state index in [-0.39, 0.29) is 0 Å². The van der Waals surface area contributed by atoms with Crippen molar-refractivity contribution in [2.24, 2.45) is 7.05 Å². The number of aromatic nitrogens is 1. The Kier molecular flexibility index (Phi) is 1.85. The summed E-state index contributed by atoms with van der Waals surface area (Å²) in [5, 5.41) is 1.30. The van der Waals surface area contributed by atoms with Crippen molar-refractivity contribution in [3.8, 4) is 0 Å². The number of rotatable bonds is 1. The largest absolute Gasteiger partial charge is 0.351 e. The summed E-state index contributed by atoms with van der Waals surface area (Å²) in [6.07, 6.45) is 2.08. The highest BCUT2D eigenvalue weighted by atomic mass is 32.1. The SMILES string of the molecule is Cn1ccc2cc(CS)ccc21. The highest BCUT2D eigenvalue weighted by Gasteiger charge is 1.97. The molecule has 2 rings (SSSR count). The first-order valence-electron chi connectivity index (χ1n) is 3.96. The van der Waals surface area contributed by atoms with Crippen LogP contribution in [-0.4, -0.2) is 4.57 Å². The van der Waals surface area contributed by atoms with Gasteiger partial charge in [-0.15, -0.1) is 0 Å². The average Bonchev–Trinajstić information content (AvgIpc) is 2.47. The summed E-state index contributed by atoms with van der Waals surface area (Å²) in [6.45, 7) is 0. The first kappa shape index (κ1) is 7.74. The topological polar surface area (TPSA) is 4.93 Å². The van der Waals surface area contributed by atoms with Gasteiger partial charge < -0.3 is 4.57 Å². The Labute approximate surface area is 77.4 Å². The molecule has 0 spiro atoms. The normalized spacial score (nSPS) is 10.8. The molecule has 0 aliphatic carbocycles. The molecule has 2 aromatic rings. The maximum Gasteiger partial charge on any atom is 0.0477 e. The number of aryl methyl sites for hydroxylation is 1. The van der Waals surface area contributed by atoms with Gasteiger partial charge in [0.2, 0.25) is 0 Å². The number of fused-ring (bicyclic) bond motifs is 1. The molecule has 12 heavy (non-hydrogen) atoms. The van der Waals surface area contributed by atoms with Crippen LogP contribution in [0.25, 0.3) is 10.9 Å². The Morgan fingerprint density at radius 1 is 1.33 bits per heavy atom. The molecule has 1 aromatic heterocycles. The van der Waals surface area contributed by atoms with Gasteiger partial charge in [0.05, 0.1) is 0 Å². The molecule has 0 unspecified atom stereocenters. The summed E-state index contributed by atoms with van der Waals surface area (Å²) >= 11 is 4.24. The highest BCUT2D eigenvalue weighted by Crippen LogP contribution is 2.17. The molecule has 0 amide bonds. The zero-order valence-electron chi connectivity index (χ0n) is 6.99. The molecule has 62 valence electrons. The van der Waals surface area contributed by atoms with E-state index in [0.717, 1.165) is 5.75 Å². The van der Waals surface area contributed by atoms with E-state index in [4.69, 9.17) is 0 Å². The van der Waals surface area contributed by atoms with E-state index < -0.39 is 0 Å². The summed E-state index contributed by atoms with van der Waals surface area (Å²) in [5.41, 5.74) is 2.55. The van der Waals surface area contributed by atoms with Crippen molar-refractivity contribution < 1.29 is 0 Å². The number of nitrogens with zero attached hydrogens (tertiary/aromatic N) is 1. The maximum atomic E-state index is 4.24. The lowest BCUT2D eigenvalue weighted by Gasteiger charge is -1.98. The van der Waals surface area contributed by atoms with Crippen LogP contribution in [0.1, 0.15) is 5.56 Å². The van der Waals surface area contributed by atoms with Gasteiger partial charge in [0.15, 0.2) is 0 Å². The second-order valence-corrected chi connectivity index (χ2v) is 3.29. The van der Waals surface area contributed by atoms with Gasteiger partial charge in [-0.05, 0) is 29.1 Å². The van der Waals surface area contributed by atoms with E-state index >= 15 is 0 Å². The van der Waals surface area contributed by atoms with Crippen molar-refractivity contribution in [3.63, 3.8) is 0 Å². The lowest BCUT2D eigenvalue weighted by atomic mass is 10.2. The number of benzene rings is 1. The van der Waals surface area contributed by atoms with Crippen LogP contribution in [0.3, 0.4) is 0 Å². The third kappa shape index (κ3) is 1.12. The minimum atomic E-state index is 0.810. The standard InChI is InChI=1S/C10H11NS/c1-11-5-4-9-6-8(7-12)2-3-10(9)11/h2-6,12H,7H2,1H3. The van der Waals surface area contributed by atoms with E-state index in [2.05, 4.69) is 54.7 Å². The summed E-state index contributed by atoms with van der Waals surface area (Å²) in [6, 6.07) is 8.57. The Hall–Kier alpha value is -0.890. The Bertz CT molecular complexity index is 403. The summed E-state index contributed by atoms with van der Waals surface area (Å²) in [5.74, 6) is 0.810. The minimum absolute atomic E-state index is 0.810. The van der Waals surface area contributed by atoms with Gasteiger partial charge in [-0.2, -0.15) is 12.6 Å². The van der Waals surface area contributed by atoms with Crippen molar-refractivity contribution in [1.82, 2.24) is 4.57 Å². The number of thiol groups is 1. The second kappa shape index (κ2) is 2.87. The first-order valence-corrected chi connectivity index (χ1v) is 4.59. The lowest BCUT2D eigenvalue weighted by molar-refractivity contribution is 0.969. The summed E-state index contributed by atoms with van der Waals surface area (Å²) in [4.78, 5) is 0. The molecular weight excluding hydrogens is 166 g/mol. The zero-order valence-corrected chi connectivity index (χ0v) is 7.88. The molecule has 1 heterocycles. The molecule has 0 saturated carbocycles. The van der Waals surface area contributed by atoms with Crippen LogP contribution in [0.15, 0.2) is 30.5 Å². The van der Waals surface area contributed by atoms with Crippen LogP contribution < -0.4 is 0 Å². The molecule has 1 nitrogen and oxygen atoms in total. The third-order valence-electron chi connectivity index (χ3n) is 2.13. The van der Waals surface area contributed by atoms with Crippen LogP contribution in [-0.2, 0) is 12.8 Å². The van der Waals surface area contributed by atoms with Crippen molar-refractivity contribution in [2.75, 3.05) is 0 Å². The summed E-state index contributed by atoms with van der Waals surface area (Å²) in [7, 11) is 2.06. The molecule has 0 bridgehead atoms. The van der Waals surface area contributed by atoms with Gasteiger partial charge >= 0.3 is 0 Å². The van der Waals surface area contributed by atoms with E-state index in [0.29, 0.717) is 0 Å². The second-order valence-electron chi connectivity index (χ2n) is 2.98. The molecule has 0 aliphatic rings. The molecule has 0 aliphatic heterocycles. The molecule has 0 fully saturated rings. The molecule has 1 aromatic carbocycles. The molecule has 0 N–H and O–H groups in total. The fourth-order valence-electron chi connectivity index (χ4n) is 1.43. The van der Waals surface area contributed by atoms with Gasteiger partial charge in [-0.1, -0.05) is 6.07 Å². The van der Waals surface area contributed by atoms with Crippen LogP contribution in [0.5, 0.6) is 0 Å². The molecular formula is C10H11NS. The van der Waals surface area contributed by atoms with Crippen LogP contribution in [0.2, 0.25) is 0 Å². The van der Waals surface area contributed by atoms with Gasteiger partial charge in [0.1, 0.15) is 0 Å². The Morgan fingerprint density at radius 2 is 2.17 bits per heavy atom. The number of hydrogen-bond donors (Lipinski definition) is 1. The fourth-order valence-corrected chi connectivity index (χ4v) is 1.63. The Morgan fingerprint density at radius 3 is 2.92 bits per heavy atom. The van der Waals surface area contributed by atoms with Crippen LogP contribution in [0, 0.1) is 0 Å². The maximum absolute atomic E-state index is 4.24. The Balaban J connectivity index is 2.69. The smallest absolute Gasteiger partial charge is 0.0477 e. The van der Waals surface area contributed by atoms with E-state index in [1.807, 2.05) is 0 Å². The predicted octanol–water partition coefficient (Wildman–Crippen LogP) is 2.61. The van der Waals surface area contributed by atoms with Gasteiger partial charge in [-0.3, -0.25) is 0 Å². The van der Waals surface area contributed by atoms with Gasteiger partial charge in [0, 0.05) is 24.5 Å². The van der Waals surface area contributed by atoms with Crippen molar-refractivity contribution in [3.05, 3.63) is 36.0 Å². The van der Waals surface area contributed by atoms with Crippen molar-refractivity contribution in [2.45, 2.75) is 5.75 Å².